The number of aryl methyl sites for hydroxylation is 3. The minimum absolute atomic E-state index is 0.323. The standard InChI is InChI=1S/C22H24BrN3O2/c1-14-10-15(2)12-17(11-14)20(27)26(22(4,5)6)25(13-24)21(28)18-9-7-8-16(3)19(18)23/h7-12H,1-6H3. The highest BCUT2D eigenvalue weighted by Gasteiger charge is 2.37. The van der Waals surface area contributed by atoms with Crippen molar-refractivity contribution in [3.05, 3.63) is 68.7 Å². The molecule has 2 rings (SSSR count). The summed E-state index contributed by atoms with van der Waals surface area (Å²) in [5.41, 5.74) is 2.71. The summed E-state index contributed by atoms with van der Waals surface area (Å²) in [7, 11) is 0. The van der Waals surface area contributed by atoms with Gasteiger partial charge in [-0.15, -0.1) is 5.01 Å². The summed E-state index contributed by atoms with van der Waals surface area (Å²) in [6.07, 6.45) is 1.90. The van der Waals surface area contributed by atoms with Crippen molar-refractivity contribution in [1.82, 2.24) is 10.0 Å². The third-order valence-corrected chi connectivity index (χ3v) is 5.26. The van der Waals surface area contributed by atoms with Crippen molar-refractivity contribution >= 4 is 27.7 Å². The van der Waals surface area contributed by atoms with E-state index in [9.17, 15) is 14.9 Å². The average Bonchev–Trinajstić information content (AvgIpc) is 2.59. The summed E-state index contributed by atoms with van der Waals surface area (Å²) >= 11 is 3.42. The van der Waals surface area contributed by atoms with Crippen LogP contribution < -0.4 is 0 Å². The van der Waals surface area contributed by atoms with E-state index in [1.165, 1.54) is 5.01 Å². The second-order valence-electron chi connectivity index (χ2n) is 7.82. The van der Waals surface area contributed by atoms with E-state index in [0.717, 1.165) is 21.7 Å². The fraction of sp³-hybridized carbons (Fsp3) is 0.318. The molecule has 0 aromatic heterocycles. The normalized spacial score (nSPS) is 10.9. The Morgan fingerprint density at radius 3 is 2.07 bits per heavy atom. The number of rotatable bonds is 2. The molecule has 0 bridgehead atoms. The van der Waals surface area contributed by atoms with Gasteiger partial charge in [0.1, 0.15) is 0 Å². The summed E-state index contributed by atoms with van der Waals surface area (Å²) in [6, 6.07) is 10.7. The zero-order chi connectivity index (χ0) is 21.2. The van der Waals surface area contributed by atoms with Crippen molar-refractivity contribution in [3.8, 4) is 6.19 Å². The molecule has 0 saturated carbocycles. The molecule has 28 heavy (non-hydrogen) atoms. The van der Waals surface area contributed by atoms with Gasteiger partial charge in [-0.25, -0.2) is 5.01 Å². The van der Waals surface area contributed by atoms with Crippen molar-refractivity contribution in [2.24, 2.45) is 0 Å². The quantitative estimate of drug-likeness (QED) is 0.367. The Morgan fingerprint density at radius 2 is 1.57 bits per heavy atom. The second-order valence-corrected chi connectivity index (χ2v) is 8.61. The van der Waals surface area contributed by atoms with Gasteiger partial charge in [-0.1, -0.05) is 29.3 Å². The van der Waals surface area contributed by atoms with E-state index >= 15 is 0 Å². The number of halogens is 1. The molecule has 0 heterocycles. The molecule has 6 heteroatoms. The van der Waals surface area contributed by atoms with Crippen LogP contribution in [0, 0.1) is 32.2 Å². The predicted molar refractivity (Wildman–Crippen MR) is 113 cm³/mol. The molecule has 0 saturated heterocycles. The summed E-state index contributed by atoms with van der Waals surface area (Å²) in [4.78, 5) is 26.5. The molecule has 0 aliphatic rings. The summed E-state index contributed by atoms with van der Waals surface area (Å²) in [6.45, 7) is 11.0. The fourth-order valence-electron chi connectivity index (χ4n) is 3.02. The molecule has 0 fully saturated rings. The van der Waals surface area contributed by atoms with E-state index < -0.39 is 17.4 Å². The lowest BCUT2D eigenvalue weighted by atomic mass is 10.0. The zero-order valence-electron chi connectivity index (χ0n) is 17.0. The monoisotopic (exact) mass is 441 g/mol. The van der Waals surface area contributed by atoms with E-state index in [4.69, 9.17) is 0 Å². The molecule has 5 nitrogen and oxygen atoms in total. The number of amides is 2. The number of carbonyl (C=O) groups excluding carboxylic acids is 2. The predicted octanol–water partition coefficient (Wildman–Crippen LogP) is 5.15. The first-order valence-electron chi connectivity index (χ1n) is 8.89. The maximum Gasteiger partial charge on any atom is 0.287 e. The summed E-state index contributed by atoms with van der Waals surface area (Å²) in [5.74, 6) is -0.969. The van der Waals surface area contributed by atoms with E-state index in [1.807, 2.05) is 39.1 Å². The van der Waals surface area contributed by atoms with Crippen LogP contribution >= 0.6 is 15.9 Å². The highest BCUT2D eigenvalue weighted by Crippen LogP contribution is 2.26. The maximum atomic E-state index is 13.4. The Morgan fingerprint density at radius 1 is 1.00 bits per heavy atom. The van der Waals surface area contributed by atoms with Crippen LogP contribution in [0.2, 0.25) is 0 Å². The highest BCUT2D eigenvalue weighted by atomic mass is 79.9. The lowest BCUT2D eigenvalue weighted by Crippen LogP contribution is -2.56. The SMILES string of the molecule is Cc1cc(C)cc(C(=O)N(N(C#N)C(=O)c2cccc(C)c2Br)C(C)(C)C)c1. The Kier molecular flexibility index (Phi) is 6.30. The molecule has 2 amide bonds. The molecular formula is C22H24BrN3O2. The van der Waals surface area contributed by atoms with Crippen LogP contribution in [0.15, 0.2) is 40.9 Å². The second kappa shape index (κ2) is 8.15. The summed E-state index contributed by atoms with van der Waals surface area (Å²) < 4.78 is 0.605. The van der Waals surface area contributed by atoms with Gasteiger partial charge in [0.05, 0.1) is 11.1 Å². The van der Waals surface area contributed by atoms with Crippen molar-refractivity contribution < 1.29 is 9.59 Å². The lowest BCUT2D eigenvalue weighted by molar-refractivity contribution is -0.0167. The van der Waals surface area contributed by atoms with Crippen LogP contribution in [0.3, 0.4) is 0 Å². The molecule has 0 N–H and O–H groups in total. The third-order valence-electron chi connectivity index (χ3n) is 4.21. The van der Waals surface area contributed by atoms with Crippen LogP contribution in [0.5, 0.6) is 0 Å². The number of hydrogen-bond acceptors (Lipinski definition) is 3. The first-order valence-corrected chi connectivity index (χ1v) is 9.68. The maximum absolute atomic E-state index is 13.4. The van der Waals surface area contributed by atoms with Gasteiger partial charge >= 0.3 is 0 Å². The minimum atomic E-state index is -0.795. The van der Waals surface area contributed by atoms with Gasteiger partial charge in [-0.3, -0.25) is 9.59 Å². The Labute approximate surface area is 174 Å². The first-order chi connectivity index (χ1) is 13.0. The fourth-order valence-corrected chi connectivity index (χ4v) is 3.46. The Balaban J connectivity index is 2.57. The number of hydrogen-bond donors (Lipinski definition) is 0. The van der Waals surface area contributed by atoms with E-state index in [1.54, 1.807) is 45.0 Å². The highest BCUT2D eigenvalue weighted by molar-refractivity contribution is 9.10. The van der Waals surface area contributed by atoms with Crippen LogP contribution in [0.1, 0.15) is 58.2 Å². The van der Waals surface area contributed by atoms with Gasteiger partial charge in [0.2, 0.25) is 6.19 Å². The first kappa shape index (κ1) is 21.6. The topological polar surface area (TPSA) is 64.4 Å². The number of hydrazine groups is 1. The van der Waals surface area contributed by atoms with Gasteiger partial charge in [0.25, 0.3) is 11.8 Å². The van der Waals surface area contributed by atoms with Gasteiger partial charge < -0.3 is 0 Å². The van der Waals surface area contributed by atoms with Gasteiger partial charge in [0, 0.05) is 10.0 Å². The minimum Gasteiger partial charge on any atom is -0.267 e. The Hall–Kier alpha value is -2.65. The molecule has 0 atom stereocenters. The molecule has 0 spiro atoms. The number of nitrogens with zero attached hydrogens (tertiary/aromatic N) is 3. The van der Waals surface area contributed by atoms with Crippen molar-refractivity contribution in [3.63, 3.8) is 0 Å². The number of benzene rings is 2. The van der Waals surface area contributed by atoms with Gasteiger partial charge in [0.15, 0.2) is 0 Å². The Bertz CT molecular complexity index is 950. The van der Waals surface area contributed by atoms with E-state index in [-0.39, 0.29) is 0 Å². The molecule has 0 aliphatic heterocycles. The largest absolute Gasteiger partial charge is 0.287 e. The van der Waals surface area contributed by atoms with Gasteiger partial charge in [-0.2, -0.15) is 5.26 Å². The van der Waals surface area contributed by atoms with Crippen molar-refractivity contribution in [1.29, 1.82) is 5.26 Å². The van der Waals surface area contributed by atoms with Crippen LogP contribution in [-0.4, -0.2) is 27.4 Å². The molecule has 0 aliphatic carbocycles. The van der Waals surface area contributed by atoms with Crippen molar-refractivity contribution in [2.45, 2.75) is 47.1 Å². The molecule has 0 unspecified atom stereocenters. The molecule has 2 aromatic carbocycles. The van der Waals surface area contributed by atoms with Gasteiger partial charge in [-0.05, 0) is 81.2 Å². The molecule has 146 valence electrons. The van der Waals surface area contributed by atoms with Crippen molar-refractivity contribution in [2.75, 3.05) is 0 Å². The molecule has 2 aromatic rings. The van der Waals surface area contributed by atoms with E-state index in [0.29, 0.717) is 15.6 Å². The van der Waals surface area contributed by atoms with Crippen LogP contribution in [-0.2, 0) is 0 Å². The van der Waals surface area contributed by atoms with E-state index in [2.05, 4.69) is 15.9 Å². The number of carbonyl (C=O) groups is 2. The average molecular weight is 442 g/mol. The summed E-state index contributed by atoms with van der Waals surface area (Å²) in [5, 5.41) is 11.9. The van der Waals surface area contributed by atoms with Crippen LogP contribution in [0.25, 0.3) is 0 Å². The molecule has 0 radical (unpaired) electrons. The molecular weight excluding hydrogens is 418 g/mol. The lowest BCUT2D eigenvalue weighted by Gasteiger charge is -2.39. The zero-order valence-corrected chi connectivity index (χ0v) is 18.6. The van der Waals surface area contributed by atoms with Crippen LogP contribution in [0.4, 0.5) is 0 Å². The third kappa shape index (κ3) is 4.42. The smallest absolute Gasteiger partial charge is 0.267 e. The number of nitriles is 1.